The molecule has 0 radical (unpaired) electrons. The van der Waals surface area contributed by atoms with Gasteiger partial charge < -0.3 is 10.3 Å². The summed E-state index contributed by atoms with van der Waals surface area (Å²) >= 11 is 0. The molecule has 0 aromatic heterocycles. The average molecular weight is 278 g/mol. The maximum atomic E-state index is 12.8. The van der Waals surface area contributed by atoms with Gasteiger partial charge in [0, 0.05) is 12.7 Å². The minimum Gasteiger partial charge on any atom is -0.330 e. The summed E-state index contributed by atoms with van der Waals surface area (Å²) in [5.74, 6) is 0. The summed E-state index contributed by atoms with van der Waals surface area (Å²) in [4.78, 5) is 7.11. The van der Waals surface area contributed by atoms with Crippen LogP contribution in [0.25, 0.3) is 0 Å². The Balaban J connectivity index is 2.38. The molecule has 0 aromatic rings. The van der Waals surface area contributed by atoms with Crippen molar-refractivity contribution in [2.45, 2.75) is 45.4 Å². The van der Waals surface area contributed by atoms with Gasteiger partial charge in [0.05, 0.1) is 13.2 Å². The van der Waals surface area contributed by atoms with E-state index in [4.69, 9.17) is 15.1 Å². The Bertz CT molecular complexity index is 258. The van der Waals surface area contributed by atoms with Crippen LogP contribution in [0.15, 0.2) is 0 Å². The molecule has 0 spiro atoms. The third kappa shape index (κ3) is 5.37. The molecule has 1 unspecified atom stereocenters. The molecule has 5 nitrogen and oxygen atoms in total. The molecule has 1 saturated heterocycles. The molecule has 1 aliphatic heterocycles. The van der Waals surface area contributed by atoms with Crippen molar-refractivity contribution in [3.8, 4) is 0 Å². The van der Waals surface area contributed by atoms with Crippen LogP contribution in [-0.4, -0.2) is 37.3 Å². The highest BCUT2D eigenvalue weighted by Crippen LogP contribution is 2.52. The lowest BCUT2D eigenvalue weighted by Crippen LogP contribution is -2.29. The highest BCUT2D eigenvalue weighted by Gasteiger charge is 2.33. The van der Waals surface area contributed by atoms with E-state index in [1.54, 1.807) is 4.83 Å². The normalized spacial score (nSPS) is 20.8. The van der Waals surface area contributed by atoms with Crippen LogP contribution < -0.4 is 5.73 Å². The minimum absolute atomic E-state index is 0.472. The number of hydroxylamine groups is 1. The van der Waals surface area contributed by atoms with Gasteiger partial charge in [0.1, 0.15) is 0 Å². The van der Waals surface area contributed by atoms with Crippen molar-refractivity contribution in [2.24, 2.45) is 5.73 Å². The molecule has 1 aliphatic rings. The molecule has 6 heteroatoms. The van der Waals surface area contributed by atoms with Gasteiger partial charge in [0.15, 0.2) is 0 Å². The monoisotopic (exact) mass is 278 g/mol. The first-order valence-electron chi connectivity index (χ1n) is 7.07. The van der Waals surface area contributed by atoms with Crippen LogP contribution in [0.1, 0.15) is 45.4 Å². The van der Waals surface area contributed by atoms with Crippen molar-refractivity contribution in [1.29, 1.82) is 0 Å². The first-order valence-corrected chi connectivity index (χ1v) is 8.84. The van der Waals surface area contributed by atoms with E-state index in [9.17, 15) is 4.57 Å². The molecule has 1 fully saturated rings. The molecule has 0 bridgehead atoms. The molecule has 1 atom stereocenters. The Morgan fingerprint density at radius 2 is 2.06 bits per heavy atom. The Morgan fingerprint density at radius 1 is 1.28 bits per heavy atom. The summed E-state index contributed by atoms with van der Waals surface area (Å²) in [5.41, 5.74) is 5.45. The summed E-state index contributed by atoms with van der Waals surface area (Å²) in [6, 6.07) is 0. The largest absolute Gasteiger partial charge is 0.330 e. The van der Waals surface area contributed by atoms with Crippen molar-refractivity contribution >= 4 is 7.52 Å². The van der Waals surface area contributed by atoms with Gasteiger partial charge in [-0.15, -0.1) is 4.83 Å². The fraction of sp³-hybridized carbons (Fsp3) is 1.00. The van der Waals surface area contributed by atoms with Crippen LogP contribution in [0.3, 0.4) is 0 Å². The van der Waals surface area contributed by atoms with E-state index in [0.717, 1.165) is 51.6 Å². The second-order valence-corrected chi connectivity index (χ2v) is 7.02. The van der Waals surface area contributed by atoms with E-state index in [1.807, 2.05) is 6.92 Å². The summed E-state index contributed by atoms with van der Waals surface area (Å²) < 4.78 is 18.3. The second kappa shape index (κ2) is 9.05. The predicted octanol–water partition coefficient (Wildman–Crippen LogP) is 2.76. The summed E-state index contributed by atoms with van der Waals surface area (Å²) in [7, 11) is -2.76. The van der Waals surface area contributed by atoms with Crippen molar-refractivity contribution in [3.05, 3.63) is 0 Å². The molecule has 0 amide bonds. The zero-order valence-corrected chi connectivity index (χ0v) is 12.4. The van der Waals surface area contributed by atoms with E-state index in [2.05, 4.69) is 0 Å². The van der Waals surface area contributed by atoms with Crippen LogP contribution in [-0.2, 0) is 13.9 Å². The Morgan fingerprint density at radius 3 is 2.67 bits per heavy atom. The number of nitrogens with zero attached hydrogens (tertiary/aromatic N) is 1. The topological polar surface area (TPSA) is 64.8 Å². The minimum atomic E-state index is -2.76. The van der Waals surface area contributed by atoms with Crippen molar-refractivity contribution in [2.75, 3.05) is 32.5 Å². The van der Waals surface area contributed by atoms with Crippen LogP contribution in [0, 0.1) is 0 Å². The average Bonchev–Trinajstić information content (AvgIpc) is 2.40. The van der Waals surface area contributed by atoms with E-state index in [1.165, 1.54) is 0 Å². The maximum Gasteiger partial charge on any atom is 0.294 e. The second-order valence-electron chi connectivity index (χ2n) is 4.60. The van der Waals surface area contributed by atoms with Gasteiger partial charge in [-0.05, 0) is 39.2 Å². The summed E-state index contributed by atoms with van der Waals surface area (Å²) in [6.07, 6.45) is 6.77. The summed E-state index contributed by atoms with van der Waals surface area (Å²) in [6.45, 7) is 4.47. The molecule has 0 aliphatic carbocycles. The van der Waals surface area contributed by atoms with Gasteiger partial charge in [-0.1, -0.05) is 12.8 Å². The first kappa shape index (κ1) is 16.1. The highest BCUT2D eigenvalue weighted by atomic mass is 31.2. The number of hydrogen-bond donors (Lipinski definition) is 1. The van der Waals surface area contributed by atoms with E-state index in [0.29, 0.717) is 19.4 Å². The third-order valence-corrected chi connectivity index (χ3v) is 5.59. The van der Waals surface area contributed by atoms with E-state index < -0.39 is 7.52 Å². The third-order valence-electron chi connectivity index (χ3n) is 3.05. The number of hydrogen-bond acceptors (Lipinski definition) is 4. The smallest absolute Gasteiger partial charge is 0.294 e. The number of unbranched alkanes of at least 4 members (excludes halogenated alkanes) is 3. The predicted molar refractivity (Wildman–Crippen MR) is 73.5 cm³/mol. The summed E-state index contributed by atoms with van der Waals surface area (Å²) in [5, 5.41) is 0. The van der Waals surface area contributed by atoms with Crippen LogP contribution in [0.5, 0.6) is 0 Å². The molecule has 0 saturated carbocycles. The zero-order chi connectivity index (χ0) is 13.3. The lowest BCUT2D eigenvalue weighted by molar-refractivity contribution is -0.120. The molecule has 18 heavy (non-hydrogen) atoms. The molecule has 2 N–H and O–H groups in total. The lowest BCUT2D eigenvalue weighted by atomic mass is 10.2. The highest BCUT2D eigenvalue weighted by molar-refractivity contribution is 7.56. The molecule has 0 aromatic carbocycles. The molecule has 1 heterocycles. The van der Waals surface area contributed by atoms with Gasteiger partial charge in [0.25, 0.3) is 7.52 Å². The van der Waals surface area contributed by atoms with E-state index in [-0.39, 0.29) is 0 Å². The maximum absolute atomic E-state index is 12.8. The van der Waals surface area contributed by atoms with Crippen molar-refractivity contribution < 1.29 is 13.9 Å². The lowest BCUT2D eigenvalue weighted by Gasteiger charge is -2.32. The Labute approximate surface area is 110 Å². The van der Waals surface area contributed by atoms with Crippen molar-refractivity contribution in [1.82, 2.24) is 4.83 Å². The van der Waals surface area contributed by atoms with Crippen LogP contribution >= 0.6 is 7.52 Å². The molecule has 108 valence electrons. The number of nitrogens with two attached hydrogens (primary N) is 1. The fourth-order valence-electron chi connectivity index (χ4n) is 2.08. The molecular weight excluding hydrogens is 251 g/mol. The van der Waals surface area contributed by atoms with Crippen LogP contribution in [0.4, 0.5) is 0 Å². The van der Waals surface area contributed by atoms with Gasteiger partial charge in [-0.2, -0.15) is 0 Å². The SMILES string of the molecule is CCOP(=O)(CCCCCCN)N1CCCCO1. The fourth-order valence-corrected chi connectivity index (χ4v) is 4.29. The Hall–Kier alpha value is 0.0700. The number of rotatable bonds is 9. The van der Waals surface area contributed by atoms with Gasteiger partial charge in [-0.3, -0.25) is 9.40 Å². The Kier molecular flexibility index (Phi) is 8.11. The van der Waals surface area contributed by atoms with Gasteiger partial charge in [0.2, 0.25) is 0 Å². The zero-order valence-electron chi connectivity index (χ0n) is 11.5. The standard InChI is InChI=1S/C12H27N2O3P/c1-2-17-18(15,12-8-4-3-5-9-13)14-10-6-7-11-16-14/h2-13H2,1H3. The quantitative estimate of drug-likeness (QED) is 0.519. The van der Waals surface area contributed by atoms with Gasteiger partial charge in [-0.25, -0.2) is 0 Å². The van der Waals surface area contributed by atoms with Crippen LogP contribution in [0.2, 0.25) is 0 Å². The molecular formula is C12H27N2O3P. The van der Waals surface area contributed by atoms with Crippen molar-refractivity contribution in [3.63, 3.8) is 0 Å². The molecule has 1 rings (SSSR count). The van der Waals surface area contributed by atoms with E-state index >= 15 is 0 Å². The van der Waals surface area contributed by atoms with Gasteiger partial charge >= 0.3 is 0 Å². The first-order chi connectivity index (χ1) is 8.73.